The maximum Gasteiger partial charge on any atom is 0.338 e. The average Bonchev–Trinajstić information content (AvgIpc) is 3.12. The van der Waals surface area contributed by atoms with Crippen LogP contribution in [0, 0.1) is 13.8 Å². The fraction of sp³-hybridized carbons (Fsp3) is 0.292. The first-order valence-corrected chi connectivity index (χ1v) is 10.2. The predicted octanol–water partition coefficient (Wildman–Crippen LogP) is 4.01. The Balaban J connectivity index is 1.31. The summed E-state index contributed by atoms with van der Waals surface area (Å²) in [6.07, 6.45) is 1.84. The molecule has 160 valence electrons. The number of amides is 1. The molecule has 7 heteroatoms. The number of hydrogen-bond acceptors (Lipinski definition) is 6. The molecule has 0 N–H and O–H groups in total. The second kappa shape index (κ2) is 9.04. The van der Waals surface area contributed by atoms with E-state index in [9.17, 15) is 9.59 Å². The van der Waals surface area contributed by atoms with Crippen molar-refractivity contribution in [1.29, 1.82) is 0 Å². The first-order chi connectivity index (χ1) is 15.0. The highest BCUT2D eigenvalue weighted by atomic mass is 16.5. The van der Waals surface area contributed by atoms with Crippen LogP contribution in [0.3, 0.4) is 0 Å². The van der Waals surface area contributed by atoms with Crippen molar-refractivity contribution in [2.24, 2.45) is 0 Å². The minimum Gasteiger partial charge on any atom is -0.489 e. The molecule has 1 aromatic heterocycles. The van der Waals surface area contributed by atoms with E-state index in [2.05, 4.69) is 5.16 Å². The number of nitrogens with zero attached hydrogens (tertiary/aromatic N) is 2. The number of benzene rings is 2. The van der Waals surface area contributed by atoms with Gasteiger partial charge in [-0.05, 0) is 62.6 Å². The van der Waals surface area contributed by atoms with Gasteiger partial charge in [0.2, 0.25) is 0 Å². The molecule has 0 radical (unpaired) electrons. The van der Waals surface area contributed by atoms with Crippen LogP contribution in [-0.4, -0.2) is 30.2 Å². The summed E-state index contributed by atoms with van der Waals surface area (Å²) < 4.78 is 16.1. The van der Waals surface area contributed by atoms with Crippen molar-refractivity contribution in [2.75, 3.05) is 18.1 Å². The second-order valence-electron chi connectivity index (χ2n) is 7.47. The van der Waals surface area contributed by atoms with E-state index in [1.807, 2.05) is 38.1 Å². The Bertz CT molecular complexity index is 1070. The Morgan fingerprint density at radius 3 is 2.61 bits per heavy atom. The summed E-state index contributed by atoms with van der Waals surface area (Å²) in [7, 11) is 0. The van der Waals surface area contributed by atoms with Gasteiger partial charge in [-0.25, -0.2) is 4.79 Å². The fourth-order valence-corrected chi connectivity index (χ4v) is 3.63. The highest BCUT2D eigenvalue weighted by molar-refractivity contribution is 5.98. The van der Waals surface area contributed by atoms with Crippen LogP contribution in [-0.2, 0) is 22.6 Å². The fourth-order valence-electron chi connectivity index (χ4n) is 3.63. The molecular weight excluding hydrogens is 396 g/mol. The number of hydrogen-bond donors (Lipinski definition) is 0. The topological polar surface area (TPSA) is 81.9 Å². The number of rotatable bonds is 6. The van der Waals surface area contributed by atoms with Crippen molar-refractivity contribution in [2.45, 2.75) is 33.3 Å². The van der Waals surface area contributed by atoms with Crippen molar-refractivity contribution >= 4 is 17.6 Å². The standard InChI is InChI=1S/C24H24N2O5/c1-16-21(17(2)31-25-16)14-29-20-11-9-19(10-12-20)24(28)30-15-23(27)26-13-5-7-18-6-3-4-8-22(18)26/h3-4,6,8-12H,5,7,13-15H2,1-2H3. The number of aryl methyl sites for hydroxylation is 3. The number of aromatic nitrogens is 1. The maximum atomic E-state index is 12.6. The lowest BCUT2D eigenvalue weighted by molar-refractivity contribution is -0.121. The molecule has 4 rings (SSSR count). The van der Waals surface area contributed by atoms with Gasteiger partial charge in [0.15, 0.2) is 6.61 Å². The molecule has 0 atom stereocenters. The number of ether oxygens (including phenoxy) is 2. The van der Waals surface area contributed by atoms with Gasteiger partial charge in [-0.3, -0.25) is 4.79 Å². The van der Waals surface area contributed by atoms with Gasteiger partial charge in [-0.15, -0.1) is 0 Å². The Morgan fingerprint density at radius 2 is 1.87 bits per heavy atom. The first kappa shape index (κ1) is 20.7. The zero-order chi connectivity index (χ0) is 21.8. The van der Waals surface area contributed by atoms with E-state index < -0.39 is 5.97 Å². The molecule has 0 spiro atoms. The molecule has 0 saturated carbocycles. The minimum absolute atomic E-state index is 0.222. The molecule has 2 aromatic carbocycles. The highest BCUT2D eigenvalue weighted by Gasteiger charge is 2.23. The molecule has 1 aliphatic heterocycles. The summed E-state index contributed by atoms with van der Waals surface area (Å²) in [5.41, 5.74) is 4.09. The van der Waals surface area contributed by atoms with Crippen molar-refractivity contribution < 1.29 is 23.6 Å². The van der Waals surface area contributed by atoms with Gasteiger partial charge in [0.1, 0.15) is 18.1 Å². The largest absolute Gasteiger partial charge is 0.489 e. The molecule has 1 amide bonds. The number of esters is 1. The molecule has 0 aliphatic carbocycles. The SMILES string of the molecule is Cc1noc(C)c1COc1ccc(C(=O)OCC(=O)N2CCCc3ccccc32)cc1. The molecule has 0 unspecified atom stereocenters. The van der Waals surface area contributed by atoms with Gasteiger partial charge >= 0.3 is 5.97 Å². The van der Waals surface area contributed by atoms with Gasteiger partial charge < -0.3 is 18.9 Å². The van der Waals surface area contributed by atoms with Crippen molar-refractivity contribution in [3.05, 3.63) is 76.7 Å². The number of carbonyl (C=O) groups excluding carboxylic acids is 2. The van der Waals surface area contributed by atoms with E-state index in [0.29, 0.717) is 24.5 Å². The van der Waals surface area contributed by atoms with E-state index in [-0.39, 0.29) is 12.5 Å². The lowest BCUT2D eigenvalue weighted by atomic mass is 10.0. The number of carbonyl (C=O) groups is 2. The second-order valence-corrected chi connectivity index (χ2v) is 7.47. The van der Waals surface area contributed by atoms with Crippen LogP contribution in [0.2, 0.25) is 0 Å². The summed E-state index contributed by atoms with van der Waals surface area (Å²) >= 11 is 0. The highest BCUT2D eigenvalue weighted by Crippen LogP contribution is 2.26. The van der Waals surface area contributed by atoms with Crippen LogP contribution in [0.5, 0.6) is 5.75 Å². The Kier molecular flexibility index (Phi) is 6.02. The molecule has 0 saturated heterocycles. The van der Waals surface area contributed by atoms with Crippen LogP contribution in [0.1, 0.15) is 39.4 Å². The van der Waals surface area contributed by atoms with Gasteiger partial charge in [-0.1, -0.05) is 23.4 Å². The predicted molar refractivity (Wildman–Crippen MR) is 114 cm³/mol. The molecule has 31 heavy (non-hydrogen) atoms. The molecular formula is C24H24N2O5. The van der Waals surface area contributed by atoms with Crippen LogP contribution in [0.15, 0.2) is 53.1 Å². The monoisotopic (exact) mass is 420 g/mol. The van der Waals surface area contributed by atoms with E-state index >= 15 is 0 Å². The summed E-state index contributed by atoms with van der Waals surface area (Å²) in [5.74, 6) is 0.562. The smallest absolute Gasteiger partial charge is 0.338 e. The molecule has 2 heterocycles. The summed E-state index contributed by atoms with van der Waals surface area (Å²) in [4.78, 5) is 26.7. The average molecular weight is 420 g/mol. The van der Waals surface area contributed by atoms with Gasteiger partial charge in [-0.2, -0.15) is 0 Å². The van der Waals surface area contributed by atoms with Crippen LogP contribution in [0.25, 0.3) is 0 Å². The number of anilines is 1. The number of para-hydroxylation sites is 1. The zero-order valence-electron chi connectivity index (χ0n) is 17.6. The summed E-state index contributed by atoms with van der Waals surface area (Å²) in [5, 5.41) is 3.90. The van der Waals surface area contributed by atoms with Crippen LogP contribution < -0.4 is 9.64 Å². The number of fused-ring (bicyclic) bond motifs is 1. The molecule has 0 fully saturated rings. The Hall–Kier alpha value is -3.61. The summed E-state index contributed by atoms with van der Waals surface area (Å²) in [6.45, 7) is 4.36. The van der Waals surface area contributed by atoms with Gasteiger partial charge in [0.05, 0.1) is 16.8 Å². The summed E-state index contributed by atoms with van der Waals surface area (Å²) in [6, 6.07) is 14.4. The van der Waals surface area contributed by atoms with Crippen molar-refractivity contribution in [3.63, 3.8) is 0 Å². The van der Waals surface area contributed by atoms with Gasteiger partial charge in [0, 0.05) is 12.2 Å². The van der Waals surface area contributed by atoms with Crippen molar-refractivity contribution in [1.82, 2.24) is 5.16 Å². The lowest BCUT2D eigenvalue weighted by Crippen LogP contribution is -2.38. The molecule has 7 nitrogen and oxygen atoms in total. The third-order valence-electron chi connectivity index (χ3n) is 5.39. The van der Waals surface area contributed by atoms with E-state index in [1.165, 1.54) is 0 Å². The van der Waals surface area contributed by atoms with Crippen LogP contribution in [0.4, 0.5) is 5.69 Å². The molecule has 1 aliphatic rings. The van der Waals surface area contributed by atoms with Crippen LogP contribution >= 0.6 is 0 Å². The first-order valence-electron chi connectivity index (χ1n) is 10.2. The van der Waals surface area contributed by atoms with E-state index in [1.54, 1.807) is 29.2 Å². The van der Waals surface area contributed by atoms with Crippen molar-refractivity contribution in [3.8, 4) is 5.75 Å². The third kappa shape index (κ3) is 4.60. The molecule has 0 bridgehead atoms. The quantitative estimate of drug-likeness (QED) is 0.561. The van der Waals surface area contributed by atoms with Gasteiger partial charge in [0.25, 0.3) is 5.91 Å². The third-order valence-corrected chi connectivity index (χ3v) is 5.39. The Labute approximate surface area is 180 Å². The van der Waals surface area contributed by atoms with E-state index in [4.69, 9.17) is 14.0 Å². The minimum atomic E-state index is -0.545. The zero-order valence-corrected chi connectivity index (χ0v) is 17.6. The normalized spacial score (nSPS) is 12.9. The van der Waals surface area contributed by atoms with E-state index in [0.717, 1.165) is 41.1 Å². The maximum absolute atomic E-state index is 12.6. The lowest BCUT2D eigenvalue weighted by Gasteiger charge is -2.29. The molecule has 3 aromatic rings. The Morgan fingerprint density at radius 1 is 1.10 bits per heavy atom.